The normalized spacial score (nSPS) is 14.4. The first-order valence-electron chi connectivity index (χ1n) is 21.3. The zero-order valence-electron chi connectivity index (χ0n) is 36.3. The Labute approximate surface area is 348 Å². The summed E-state index contributed by atoms with van der Waals surface area (Å²) in [5.41, 5.74) is 6.96. The van der Waals surface area contributed by atoms with Crippen molar-refractivity contribution in [1.29, 1.82) is 0 Å². The molecule has 1 N–H and O–H groups in total. The van der Waals surface area contributed by atoms with E-state index in [1.54, 1.807) is 0 Å². The van der Waals surface area contributed by atoms with Crippen LogP contribution in [0.25, 0.3) is 32.9 Å². The van der Waals surface area contributed by atoms with Crippen LogP contribution in [0.2, 0.25) is 0 Å². The molecule has 5 rings (SSSR count). The van der Waals surface area contributed by atoms with Crippen molar-refractivity contribution in [1.82, 2.24) is 9.97 Å². The number of hydrogen-bond donors (Lipinski definition) is 1. The zero-order chi connectivity index (χ0) is 39.8. The van der Waals surface area contributed by atoms with Crippen molar-refractivity contribution in [3.63, 3.8) is 0 Å². The van der Waals surface area contributed by atoms with Crippen LogP contribution in [0.15, 0.2) is 54.3 Å². The van der Waals surface area contributed by atoms with E-state index in [0.29, 0.717) is 17.8 Å². The van der Waals surface area contributed by atoms with Gasteiger partial charge in [-0.2, -0.15) is 0 Å². The van der Waals surface area contributed by atoms with Crippen molar-refractivity contribution in [2.45, 2.75) is 166 Å². The molecule has 0 bridgehead atoms. The van der Waals surface area contributed by atoms with E-state index in [4.69, 9.17) is 9.97 Å². The topological polar surface area (TPSA) is 63.1 Å². The molecule has 4 aromatic rings. The zero-order valence-corrected chi connectivity index (χ0v) is 38.7. The predicted molar refractivity (Wildman–Crippen MR) is 231 cm³/mol. The van der Waals surface area contributed by atoms with Crippen LogP contribution in [0.1, 0.15) is 175 Å². The van der Waals surface area contributed by atoms with Gasteiger partial charge >= 0.3 is 0 Å². The summed E-state index contributed by atoms with van der Waals surface area (Å²) in [6, 6.07) is 19.7. The number of nitrogens with zero attached hydrogens (tertiary/aromatic N) is 2. The van der Waals surface area contributed by atoms with Crippen LogP contribution in [-0.4, -0.2) is 20.9 Å². The molecule has 303 valence electrons. The van der Waals surface area contributed by atoms with Crippen molar-refractivity contribution < 1.29 is 30.0 Å². The molecular weight excluding hydrogens is 853 g/mol. The van der Waals surface area contributed by atoms with Crippen LogP contribution in [0.3, 0.4) is 0 Å². The molecule has 4 nitrogen and oxygen atoms in total. The number of fused-ring (bicyclic) bond motifs is 3. The molecule has 1 aliphatic carbocycles. The Hall–Kier alpha value is -2.88. The van der Waals surface area contributed by atoms with Crippen LogP contribution in [0, 0.1) is 28.7 Å². The molecule has 0 amide bonds. The maximum atomic E-state index is 12.2. The Morgan fingerprint density at radius 1 is 0.836 bits per heavy atom. The van der Waals surface area contributed by atoms with Gasteiger partial charge in [-0.05, 0) is 96.7 Å². The molecule has 1 aliphatic rings. The van der Waals surface area contributed by atoms with Gasteiger partial charge in [-0.3, -0.25) is 9.78 Å². The van der Waals surface area contributed by atoms with E-state index in [1.165, 1.54) is 65.6 Å². The maximum Gasteiger partial charge on any atom is 0.164 e. The number of aliphatic hydroxyl groups excluding tert-OH is 1. The minimum Gasteiger partial charge on any atom is -0.512 e. The van der Waals surface area contributed by atoms with Gasteiger partial charge in [0.2, 0.25) is 0 Å². The second-order valence-corrected chi connectivity index (χ2v) is 17.9. The van der Waals surface area contributed by atoms with E-state index < -0.39 is 0 Å². The molecule has 0 atom stereocenters. The Bertz CT molecular complexity index is 1890. The number of allylic oxidation sites excluding steroid dienone is 2. The van der Waals surface area contributed by atoms with Gasteiger partial charge in [-0.25, -0.2) is 4.98 Å². The fraction of sp³-hybridized carbons (Fsp3) is 0.580. The first kappa shape index (κ1) is 46.5. The van der Waals surface area contributed by atoms with E-state index in [1.807, 2.05) is 41.5 Å². The van der Waals surface area contributed by atoms with Crippen molar-refractivity contribution in [2.75, 3.05) is 0 Å². The Morgan fingerprint density at radius 2 is 1.45 bits per heavy atom. The fourth-order valence-electron chi connectivity index (χ4n) is 7.87. The number of aliphatic hydroxyl groups is 1. The van der Waals surface area contributed by atoms with E-state index in [9.17, 15) is 9.90 Å². The number of rotatable bonds is 14. The molecule has 0 spiro atoms. The first-order chi connectivity index (χ1) is 25.6. The third-order valence-electron chi connectivity index (χ3n) is 12.5. The molecule has 1 heterocycles. The minimum absolute atomic E-state index is 0. The molecule has 1 aromatic heterocycles. The largest absolute Gasteiger partial charge is 0.512 e. The standard InChI is InChI=1S/C35H43N2.C15H28O2.Ir/c1-22(2)17-25-19-28-15-16-31-33(29-14-10-13-27(21-29)26-11-8-7-9-12-26)36-35(24(5)6)37-34(31)32(28)30(20-25)18-23(3)4;1-7-14(5,8-2)12(16)11-13(17)15(6,9-3)10-4;/h10,13,15-16,19-24,26H,7-9,11-12,17-18H2,1-6H3;11,16H,7-10H2,1-6H3;/q-1;;/b;12-11-;. The van der Waals surface area contributed by atoms with Gasteiger partial charge in [-0.15, -0.1) is 35.4 Å². The number of aromatic nitrogens is 2. The summed E-state index contributed by atoms with van der Waals surface area (Å²) in [5, 5.41) is 13.9. The summed E-state index contributed by atoms with van der Waals surface area (Å²) >= 11 is 0. The van der Waals surface area contributed by atoms with Crippen molar-refractivity contribution in [3.8, 4) is 11.3 Å². The number of carbonyl (C=O) groups is 1. The quantitative estimate of drug-likeness (QED) is 0.0592. The SMILES string of the molecule is CC(C)Cc1cc(CC(C)C)c2c(ccc3c(-c4[c-]ccc(C5CCCCC5)c4)nc(C(C)C)nc32)c1.CCC(C)(CC)C(=O)/C=C(\O)C(C)(CC)CC.[Ir]. The van der Waals surface area contributed by atoms with Crippen molar-refractivity contribution >= 4 is 27.5 Å². The molecule has 1 fully saturated rings. The van der Waals surface area contributed by atoms with Gasteiger partial charge in [0.15, 0.2) is 5.78 Å². The Morgan fingerprint density at radius 3 is 2.02 bits per heavy atom. The molecular formula is C50H71IrN2O2-. The monoisotopic (exact) mass is 925 g/mol. The van der Waals surface area contributed by atoms with Crippen LogP contribution in [-0.2, 0) is 37.7 Å². The molecule has 55 heavy (non-hydrogen) atoms. The second-order valence-electron chi connectivity index (χ2n) is 17.9. The predicted octanol–water partition coefficient (Wildman–Crippen LogP) is 14.5. The Balaban J connectivity index is 0.000000385. The molecule has 0 aliphatic heterocycles. The van der Waals surface area contributed by atoms with Crippen LogP contribution < -0.4 is 0 Å². The molecule has 5 heteroatoms. The van der Waals surface area contributed by atoms with Gasteiger partial charge in [0.05, 0.1) is 5.52 Å². The molecule has 1 saturated carbocycles. The van der Waals surface area contributed by atoms with E-state index >= 15 is 0 Å². The summed E-state index contributed by atoms with van der Waals surface area (Å²) in [6.07, 6.45) is 13.6. The van der Waals surface area contributed by atoms with Crippen molar-refractivity contribution in [3.05, 3.63) is 82.9 Å². The summed E-state index contributed by atoms with van der Waals surface area (Å²) in [7, 11) is 0. The minimum atomic E-state index is -0.337. The average Bonchev–Trinajstić information content (AvgIpc) is 3.16. The van der Waals surface area contributed by atoms with Gasteiger partial charge in [0, 0.05) is 48.3 Å². The summed E-state index contributed by atoms with van der Waals surface area (Å²) in [6.45, 7) is 25.7. The summed E-state index contributed by atoms with van der Waals surface area (Å²) in [4.78, 5) is 22.6. The number of carbonyl (C=O) groups excluding carboxylic acids is 1. The maximum absolute atomic E-state index is 12.2. The van der Waals surface area contributed by atoms with Crippen LogP contribution in [0.5, 0.6) is 0 Å². The van der Waals surface area contributed by atoms with E-state index in [2.05, 4.69) is 90.1 Å². The smallest absolute Gasteiger partial charge is 0.164 e. The van der Waals surface area contributed by atoms with Gasteiger partial charge in [-0.1, -0.05) is 127 Å². The van der Waals surface area contributed by atoms with E-state index in [0.717, 1.165) is 66.5 Å². The third kappa shape index (κ3) is 11.4. The fourth-order valence-corrected chi connectivity index (χ4v) is 7.87. The summed E-state index contributed by atoms with van der Waals surface area (Å²) in [5.74, 6) is 3.35. The average molecular weight is 924 g/mol. The number of hydrogen-bond acceptors (Lipinski definition) is 4. The Kier molecular flexibility index (Phi) is 17.3. The number of ketones is 1. The molecule has 0 saturated heterocycles. The van der Waals surface area contributed by atoms with Gasteiger partial charge in [0.1, 0.15) is 11.6 Å². The summed E-state index contributed by atoms with van der Waals surface area (Å²) < 4.78 is 0. The second kappa shape index (κ2) is 20.5. The van der Waals surface area contributed by atoms with E-state index in [-0.39, 0.29) is 48.4 Å². The number of benzene rings is 3. The van der Waals surface area contributed by atoms with Gasteiger partial charge < -0.3 is 5.11 Å². The molecule has 1 radical (unpaired) electrons. The van der Waals surface area contributed by atoms with Gasteiger partial charge in [0.25, 0.3) is 0 Å². The van der Waals surface area contributed by atoms with Crippen LogP contribution >= 0.6 is 0 Å². The molecule has 0 unspecified atom stereocenters. The third-order valence-corrected chi connectivity index (χ3v) is 12.5. The first-order valence-corrected chi connectivity index (χ1v) is 21.3. The van der Waals surface area contributed by atoms with Crippen LogP contribution in [0.4, 0.5) is 0 Å². The van der Waals surface area contributed by atoms with Crippen molar-refractivity contribution in [2.24, 2.45) is 22.7 Å². The molecule has 3 aromatic carbocycles.